The highest BCUT2D eigenvalue weighted by Crippen LogP contribution is 2.07. The lowest BCUT2D eigenvalue weighted by Crippen LogP contribution is -2.01. The van der Waals surface area contributed by atoms with Crippen molar-refractivity contribution in [2.75, 3.05) is 0 Å². The SMILES string of the molecule is CCCCCc1ncnc(-c2ncncn2)n1. The van der Waals surface area contributed by atoms with E-state index in [1.807, 2.05) is 0 Å². The minimum Gasteiger partial charge on any atom is -0.225 e. The van der Waals surface area contributed by atoms with Crippen molar-refractivity contribution in [1.82, 2.24) is 29.9 Å². The van der Waals surface area contributed by atoms with E-state index in [4.69, 9.17) is 0 Å². The molecular formula is C11H14N6. The summed E-state index contributed by atoms with van der Waals surface area (Å²) in [6, 6.07) is 0. The number of unbranched alkanes of at least 4 members (excludes halogenated alkanes) is 2. The fourth-order valence-electron chi connectivity index (χ4n) is 1.45. The monoisotopic (exact) mass is 230 g/mol. The summed E-state index contributed by atoms with van der Waals surface area (Å²) < 4.78 is 0. The molecule has 0 amide bonds. The summed E-state index contributed by atoms with van der Waals surface area (Å²) in [7, 11) is 0. The quantitative estimate of drug-likeness (QED) is 0.723. The topological polar surface area (TPSA) is 77.3 Å². The molecule has 2 rings (SSSR count). The van der Waals surface area contributed by atoms with Gasteiger partial charge in [-0.3, -0.25) is 0 Å². The van der Waals surface area contributed by atoms with E-state index in [9.17, 15) is 0 Å². The number of hydrogen-bond donors (Lipinski definition) is 0. The summed E-state index contributed by atoms with van der Waals surface area (Å²) in [5, 5.41) is 0. The second-order valence-electron chi connectivity index (χ2n) is 3.64. The zero-order chi connectivity index (χ0) is 11.9. The third kappa shape index (κ3) is 3.24. The number of aryl methyl sites for hydroxylation is 1. The molecule has 0 aliphatic carbocycles. The molecule has 2 aromatic rings. The first kappa shape index (κ1) is 11.5. The van der Waals surface area contributed by atoms with Gasteiger partial charge in [0, 0.05) is 6.42 Å². The van der Waals surface area contributed by atoms with Crippen molar-refractivity contribution in [3.8, 4) is 11.6 Å². The van der Waals surface area contributed by atoms with E-state index >= 15 is 0 Å². The summed E-state index contributed by atoms with van der Waals surface area (Å²) in [5.41, 5.74) is 0. The molecule has 0 bridgehead atoms. The highest BCUT2D eigenvalue weighted by atomic mass is 15.1. The van der Waals surface area contributed by atoms with Gasteiger partial charge in [0.15, 0.2) is 0 Å². The lowest BCUT2D eigenvalue weighted by molar-refractivity contribution is 0.690. The number of aromatic nitrogens is 6. The van der Waals surface area contributed by atoms with Gasteiger partial charge in [0.05, 0.1) is 0 Å². The van der Waals surface area contributed by atoms with Gasteiger partial charge in [0.2, 0.25) is 11.6 Å². The number of rotatable bonds is 5. The molecule has 2 aromatic heterocycles. The van der Waals surface area contributed by atoms with Crippen molar-refractivity contribution < 1.29 is 0 Å². The van der Waals surface area contributed by atoms with Crippen LogP contribution in [0.3, 0.4) is 0 Å². The summed E-state index contributed by atoms with van der Waals surface area (Å²) in [6.07, 6.45) is 8.71. The molecule has 0 atom stereocenters. The molecule has 0 aliphatic rings. The van der Waals surface area contributed by atoms with Crippen LogP contribution in [-0.4, -0.2) is 29.9 Å². The van der Waals surface area contributed by atoms with Gasteiger partial charge < -0.3 is 0 Å². The average molecular weight is 230 g/mol. The molecule has 0 saturated heterocycles. The molecule has 88 valence electrons. The van der Waals surface area contributed by atoms with Crippen LogP contribution in [0.1, 0.15) is 32.0 Å². The van der Waals surface area contributed by atoms with Crippen LogP contribution in [0.2, 0.25) is 0 Å². The first-order valence-electron chi connectivity index (χ1n) is 5.70. The van der Waals surface area contributed by atoms with Crippen molar-refractivity contribution >= 4 is 0 Å². The summed E-state index contributed by atoms with van der Waals surface area (Å²) in [6.45, 7) is 2.17. The van der Waals surface area contributed by atoms with Gasteiger partial charge in [-0.1, -0.05) is 19.8 Å². The molecule has 0 saturated carbocycles. The van der Waals surface area contributed by atoms with E-state index in [0.717, 1.165) is 18.7 Å². The summed E-state index contributed by atoms with van der Waals surface area (Å²) in [5.74, 6) is 1.79. The molecule has 0 N–H and O–H groups in total. The standard InChI is InChI=1S/C11H14N6/c1-2-3-4-5-9-13-8-16-11(17-9)10-14-6-12-7-15-10/h6-8H,2-5H2,1H3. The zero-order valence-corrected chi connectivity index (χ0v) is 9.74. The maximum Gasteiger partial charge on any atom is 0.201 e. The Morgan fingerprint density at radius 3 is 2.41 bits per heavy atom. The van der Waals surface area contributed by atoms with Crippen LogP contribution in [0.4, 0.5) is 0 Å². The van der Waals surface area contributed by atoms with Gasteiger partial charge in [-0.25, -0.2) is 29.9 Å². The molecule has 0 unspecified atom stereocenters. The predicted octanol–water partition coefficient (Wildman–Crippen LogP) is 1.46. The van der Waals surface area contributed by atoms with Crippen LogP contribution in [0.15, 0.2) is 19.0 Å². The molecule has 0 spiro atoms. The highest BCUT2D eigenvalue weighted by molar-refractivity contribution is 5.40. The van der Waals surface area contributed by atoms with Crippen LogP contribution >= 0.6 is 0 Å². The molecule has 17 heavy (non-hydrogen) atoms. The summed E-state index contributed by atoms with van der Waals surface area (Å²) in [4.78, 5) is 24.3. The fourth-order valence-corrected chi connectivity index (χ4v) is 1.45. The van der Waals surface area contributed by atoms with Crippen LogP contribution in [-0.2, 0) is 6.42 Å². The van der Waals surface area contributed by atoms with Gasteiger partial charge in [0.25, 0.3) is 0 Å². The Morgan fingerprint density at radius 2 is 1.65 bits per heavy atom. The van der Waals surface area contributed by atoms with Gasteiger partial charge in [-0.15, -0.1) is 0 Å². The molecule has 2 heterocycles. The van der Waals surface area contributed by atoms with Crippen molar-refractivity contribution in [3.05, 3.63) is 24.8 Å². The minimum absolute atomic E-state index is 0.485. The third-order valence-electron chi connectivity index (χ3n) is 2.32. The molecule has 0 fully saturated rings. The fraction of sp³-hybridized carbons (Fsp3) is 0.455. The minimum atomic E-state index is 0.485. The first-order chi connectivity index (χ1) is 8.40. The van der Waals surface area contributed by atoms with Crippen LogP contribution in [0.25, 0.3) is 11.6 Å². The molecule has 0 aromatic carbocycles. The Balaban J connectivity index is 2.12. The van der Waals surface area contributed by atoms with E-state index in [-0.39, 0.29) is 0 Å². The van der Waals surface area contributed by atoms with E-state index in [1.54, 1.807) is 0 Å². The smallest absolute Gasteiger partial charge is 0.201 e. The highest BCUT2D eigenvalue weighted by Gasteiger charge is 2.05. The Kier molecular flexibility index (Phi) is 4.01. The number of nitrogens with zero attached hydrogens (tertiary/aromatic N) is 6. The second kappa shape index (κ2) is 5.93. The second-order valence-corrected chi connectivity index (χ2v) is 3.64. The Bertz CT molecular complexity index is 459. The molecule has 6 nitrogen and oxygen atoms in total. The number of hydrogen-bond acceptors (Lipinski definition) is 6. The third-order valence-corrected chi connectivity index (χ3v) is 2.32. The maximum absolute atomic E-state index is 4.34. The van der Waals surface area contributed by atoms with Crippen molar-refractivity contribution in [3.63, 3.8) is 0 Å². The summed E-state index contributed by atoms with van der Waals surface area (Å²) >= 11 is 0. The van der Waals surface area contributed by atoms with Gasteiger partial charge >= 0.3 is 0 Å². The van der Waals surface area contributed by atoms with E-state index in [0.29, 0.717) is 11.6 Å². The Hall–Kier alpha value is -1.98. The molecule has 0 radical (unpaired) electrons. The van der Waals surface area contributed by atoms with Gasteiger partial charge in [-0.2, -0.15) is 0 Å². The van der Waals surface area contributed by atoms with E-state index < -0.39 is 0 Å². The Labute approximate surface area is 99.6 Å². The van der Waals surface area contributed by atoms with E-state index in [1.165, 1.54) is 31.8 Å². The molecule has 0 aliphatic heterocycles. The lowest BCUT2D eigenvalue weighted by atomic mass is 10.2. The van der Waals surface area contributed by atoms with Gasteiger partial charge in [0.1, 0.15) is 24.8 Å². The largest absolute Gasteiger partial charge is 0.225 e. The molecular weight excluding hydrogens is 216 g/mol. The predicted molar refractivity (Wildman–Crippen MR) is 61.9 cm³/mol. The van der Waals surface area contributed by atoms with Crippen LogP contribution in [0, 0.1) is 0 Å². The average Bonchev–Trinajstić information content (AvgIpc) is 2.41. The molecule has 6 heteroatoms. The van der Waals surface area contributed by atoms with Crippen molar-refractivity contribution in [2.24, 2.45) is 0 Å². The van der Waals surface area contributed by atoms with E-state index in [2.05, 4.69) is 36.8 Å². The van der Waals surface area contributed by atoms with Crippen molar-refractivity contribution in [2.45, 2.75) is 32.6 Å². The Morgan fingerprint density at radius 1 is 0.882 bits per heavy atom. The van der Waals surface area contributed by atoms with Crippen LogP contribution in [0.5, 0.6) is 0 Å². The maximum atomic E-state index is 4.34. The van der Waals surface area contributed by atoms with Crippen LogP contribution < -0.4 is 0 Å². The zero-order valence-electron chi connectivity index (χ0n) is 9.74. The normalized spacial score (nSPS) is 10.4. The lowest BCUT2D eigenvalue weighted by Gasteiger charge is -2.00. The van der Waals surface area contributed by atoms with Crippen molar-refractivity contribution in [1.29, 1.82) is 0 Å². The van der Waals surface area contributed by atoms with Gasteiger partial charge in [-0.05, 0) is 6.42 Å². The first-order valence-corrected chi connectivity index (χ1v) is 5.70.